The fraction of sp³-hybridized carbons (Fsp3) is 0.0500. The number of benzene rings is 2. The number of hydrogen-bond acceptors (Lipinski definition) is 4. The molecule has 0 atom stereocenters. The minimum atomic E-state index is -0.486. The van der Waals surface area contributed by atoms with Gasteiger partial charge in [0.15, 0.2) is 0 Å². The minimum Gasteiger partial charge on any atom is -0.457 e. The molecule has 4 rings (SSSR count). The first-order valence-electron chi connectivity index (χ1n) is 7.92. The molecule has 136 valence electrons. The number of carbonyl (C=O) groups is 1. The maximum atomic E-state index is 12.4. The largest absolute Gasteiger partial charge is 0.457 e. The van der Waals surface area contributed by atoms with E-state index in [-0.39, 0.29) is 6.61 Å². The summed E-state index contributed by atoms with van der Waals surface area (Å²) >= 11 is 19.9. The fourth-order valence-electron chi connectivity index (χ4n) is 2.64. The molecule has 0 spiro atoms. The van der Waals surface area contributed by atoms with Gasteiger partial charge in [0.2, 0.25) is 0 Å². The van der Waals surface area contributed by atoms with Gasteiger partial charge in [-0.15, -0.1) is 11.3 Å². The Balaban J connectivity index is 1.50. The quantitative estimate of drug-likeness (QED) is 0.311. The Morgan fingerprint density at radius 1 is 0.963 bits per heavy atom. The Kier molecular flexibility index (Phi) is 5.15. The lowest BCUT2D eigenvalue weighted by molar-refractivity contribution is 0.0452. The molecule has 0 saturated heterocycles. The SMILES string of the molecule is O=C(OCc1ccc(-c2cccc(Cl)c2Cl)o1)c1sc2ccccc2c1Cl. The van der Waals surface area contributed by atoms with Crippen LogP contribution in [0.1, 0.15) is 15.4 Å². The van der Waals surface area contributed by atoms with Crippen molar-refractivity contribution in [2.75, 3.05) is 0 Å². The van der Waals surface area contributed by atoms with Crippen molar-refractivity contribution in [2.24, 2.45) is 0 Å². The number of furan rings is 1. The van der Waals surface area contributed by atoms with Crippen LogP contribution < -0.4 is 0 Å². The van der Waals surface area contributed by atoms with Crippen LogP contribution >= 0.6 is 46.1 Å². The van der Waals surface area contributed by atoms with Crippen LogP contribution in [-0.2, 0) is 11.3 Å². The van der Waals surface area contributed by atoms with E-state index in [9.17, 15) is 4.79 Å². The molecule has 0 fully saturated rings. The summed E-state index contributed by atoms with van der Waals surface area (Å²) in [6.07, 6.45) is 0. The van der Waals surface area contributed by atoms with Crippen LogP contribution in [0.2, 0.25) is 15.1 Å². The minimum absolute atomic E-state index is 0.0123. The predicted octanol–water partition coefficient (Wildman–Crippen LogP) is 7.48. The number of esters is 1. The van der Waals surface area contributed by atoms with E-state index in [1.807, 2.05) is 24.3 Å². The molecule has 0 amide bonds. The molecule has 2 aromatic carbocycles. The molecule has 0 aliphatic heterocycles. The normalized spacial score (nSPS) is 11.1. The van der Waals surface area contributed by atoms with Gasteiger partial charge in [0.1, 0.15) is 23.0 Å². The standard InChI is InChI=1S/C20H11Cl3O3S/c21-14-6-3-5-12(17(14)22)15-9-8-11(26-15)10-25-20(24)19-18(23)13-4-1-2-7-16(13)27-19/h1-9H,10H2. The number of rotatable bonds is 4. The van der Waals surface area contributed by atoms with E-state index in [2.05, 4.69) is 0 Å². The Bertz CT molecular complexity index is 1150. The summed E-state index contributed by atoms with van der Waals surface area (Å²) in [5.41, 5.74) is 0.675. The van der Waals surface area contributed by atoms with Crippen LogP contribution in [0.5, 0.6) is 0 Å². The molecule has 0 aliphatic rings. The monoisotopic (exact) mass is 436 g/mol. The summed E-state index contributed by atoms with van der Waals surface area (Å²) in [5.74, 6) is 0.556. The highest BCUT2D eigenvalue weighted by Crippen LogP contribution is 2.36. The maximum absolute atomic E-state index is 12.4. The third kappa shape index (κ3) is 3.58. The maximum Gasteiger partial charge on any atom is 0.350 e. The van der Waals surface area contributed by atoms with Gasteiger partial charge in [-0.3, -0.25) is 0 Å². The lowest BCUT2D eigenvalue weighted by Crippen LogP contribution is -2.03. The highest BCUT2D eigenvalue weighted by atomic mass is 35.5. The van der Waals surface area contributed by atoms with Crippen molar-refractivity contribution in [3.05, 3.63) is 80.3 Å². The second-order valence-electron chi connectivity index (χ2n) is 5.68. The molecule has 27 heavy (non-hydrogen) atoms. The molecule has 0 radical (unpaired) electrons. The topological polar surface area (TPSA) is 39.4 Å². The van der Waals surface area contributed by atoms with Gasteiger partial charge >= 0.3 is 5.97 Å². The van der Waals surface area contributed by atoms with E-state index in [1.54, 1.807) is 30.3 Å². The van der Waals surface area contributed by atoms with Gasteiger partial charge in [0.25, 0.3) is 0 Å². The molecular weight excluding hydrogens is 427 g/mol. The zero-order valence-electron chi connectivity index (χ0n) is 13.7. The lowest BCUT2D eigenvalue weighted by Gasteiger charge is -2.03. The summed E-state index contributed by atoms with van der Waals surface area (Å²) in [7, 11) is 0. The third-order valence-electron chi connectivity index (χ3n) is 3.94. The summed E-state index contributed by atoms with van der Waals surface area (Å²) in [6, 6.07) is 16.3. The van der Waals surface area contributed by atoms with E-state index >= 15 is 0 Å². The Morgan fingerprint density at radius 2 is 1.78 bits per heavy atom. The van der Waals surface area contributed by atoms with E-state index in [1.165, 1.54) is 11.3 Å². The molecule has 0 N–H and O–H groups in total. The molecule has 0 saturated carbocycles. The first-order valence-corrected chi connectivity index (χ1v) is 9.87. The summed E-state index contributed by atoms with van der Waals surface area (Å²) < 4.78 is 12.0. The number of halogens is 3. The van der Waals surface area contributed by atoms with Gasteiger partial charge in [-0.05, 0) is 30.3 Å². The number of carbonyl (C=O) groups excluding carboxylic acids is 1. The van der Waals surface area contributed by atoms with Crippen molar-refractivity contribution in [2.45, 2.75) is 6.61 Å². The van der Waals surface area contributed by atoms with Gasteiger partial charge in [0, 0.05) is 15.6 Å². The molecular formula is C20H11Cl3O3S. The second kappa shape index (κ2) is 7.56. The molecule has 0 aliphatic carbocycles. The van der Waals surface area contributed by atoms with Crippen LogP contribution in [-0.4, -0.2) is 5.97 Å². The van der Waals surface area contributed by atoms with Crippen LogP contribution in [0.15, 0.2) is 59.0 Å². The molecule has 3 nitrogen and oxygen atoms in total. The Labute approximate surface area is 174 Å². The average molecular weight is 438 g/mol. The van der Waals surface area contributed by atoms with Gasteiger partial charge in [-0.25, -0.2) is 4.79 Å². The second-order valence-corrected chi connectivity index (χ2v) is 7.90. The molecule has 2 aromatic heterocycles. The van der Waals surface area contributed by atoms with Crippen molar-refractivity contribution >= 4 is 62.2 Å². The van der Waals surface area contributed by atoms with Crippen molar-refractivity contribution in [3.8, 4) is 11.3 Å². The lowest BCUT2D eigenvalue weighted by atomic mass is 10.2. The number of ether oxygens (including phenoxy) is 1. The van der Waals surface area contributed by atoms with Crippen molar-refractivity contribution in [1.82, 2.24) is 0 Å². The van der Waals surface area contributed by atoms with Gasteiger partial charge < -0.3 is 9.15 Å². The Morgan fingerprint density at radius 3 is 2.59 bits per heavy atom. The van der Waals surface area contributed by atoms with E-state index in [0.717, 1.165) is 10.1 Å². The third-order valence-corrected chi connectivity index (χ3v) is 6.42. The number of fused-ring (bicyclic) bond motifs is 1. The van der Waals surface area contributed by atoms with Crippen molar-refractivity contribution < 1.29 is 13.9 Å². The molecule has 0 unspecified atom stereocenters. The summed E-state index contributed by atoms with van der Waals surface area (Å²) in [4.78, 5) is 12.8. The summed E-state index contributed by atoms with van der Waals surface area (Å²) in [5, 5.41) is 2.10. The van der Waals surface area contributed by atoms with Gasteiger partial charge in [-0.2, -0.15) is 0 Å². The van der Waals surface area contributed by atoms with Crippen LogP contribution in [0.4, 0.5) is 0 Å². The Hall–Kier alpha value is -1.98. The van der Waals surface area contributed by atoms with E-state index in [0.29, 0.717) is 37.0 Å². The van der Waals surface area contributed by atoms with Crippen molar-refractivity contribution in [1.29, 1.82) is 0 Å². The predicted molar refractivity (Wildman–Crippen MR) is 110 cm³/mol. The fourth-order valence-corrected chi connectivity index (χ4v) is 4.44. The first-order chi connectivity index (χ1) is 13.0. The van der Waals surface area contributed by atoms with Gasteiger partial charge in [-0.1, -0.05) is 59.1 Å². The molecule has 4 aromatic rings. The zero-order chi connectivity index (χ0) is 19.0. The smallest absolute Gasteiger partial charge is 0.350 e. The van der Waals surface area contributed by atoms with Crippen LogP contribution in [0.25, 0.3) is 21.4 Å². The van der Waals surface area contributed by atoms with Crippen LogP contribution in [0.3, 0.4) is 0 Å². The van der Waals surface area contributed by atoms with E-state index < -0.39 is 5.97 Å². The average Bonchev–Trinajstić information content (AvgIpc) is 3.27. The molecule has 7 heteroatoms. The summed E-state index contributed by atoms with van der Waals surface area (Å²) in [6.45, 7) is -0.0123. The highest BCUT2D eigenvalue weighted by molar-refractivity contribution is 7.21. The first kappa shape index (κ1) is 18.4. The van der Waals surface area contributed by atoms with Crippen LogP contribution in [0, 0.1) is 0 Å². The number of thiophene rings is 1. The highest BCUT2D eigenvalue weighted by Gasteiger charge is 2.19. The van der Waals surface area contributed by atoms with E-state index in [4.69, 9.17) is 44.0 Å². The van der Waals surface area contributed by atoms with Gasteiger partial charge in [0.05, 0.1) is 15.1 Å². The number of hydrogen-bond donors (Lipinski definition) is 0. The molecule has 2 heterocycles. The zero-order valence-corrected chi connectivity index (χ0v) is 16.8. The van der Waals surface area contributed by atoms with Crippen molar-refractivity contribution in [3.63, 3.8) is 0 Å². The molecule has 0 bridgehead atoms.